The van der Waals surface area contributed by atoms with E-state index in [0.717, 1.165) is 11.1 Å². The minimum Gasteiger partial charge on any atom is -0.493 e. The number of carbonyl (C=O) groups excluding carboxylic acids is 1. The summed E-state index contributed by atoms with van der Waals surface area (Å²) in [6, 6.07) is 15.7. The fourth-order valence-electron chi connectivity index (χ4n) is 3.63. The first-order valence-corrected chi connectivity index (χ1v) is 11.9. The zero-order valence-electron chi connectivity index (χ0n) is 19.9. The van der Waals surface area contributed by atoms with Crippen molar-refractivity contribution in [2.45, 2.75) is 19.5 Å². The molecule has 2 heterocycles. The molecule has 35 heavy (non-hydrogen) atoms. The van der Waals surface area contributed by atoms with Crippen LogP contribution in [0.1, 0.15) is 11.1 Å². The molecule has 0 fully saturated rings. The van der Waals surface area contributed by atoms with Gasteiger partial charge in [0.05, 0.1) is 14.2 Å². The fraction of sp³-hybridized carbons (Fsp3) is 0.280. The van der Waals surface area contributed by atoms with Crippen LogP contribution in [-0.2, 0) is 24.3 Å². The average Bonchev–Trinajstić information content (AvgIpc) is 3.32. The molecular weight excluding hydrogens is 466 g/mol. The van der Waals surface area contributed by atoms with Gasteiger partial charge >= 0.3 is 0 Å². The summed E-state index contributed by atoms with van der Waals surface area (Å²) < 4.78 is 12.3. The molecule has 0 atom stereocenters. The Morgan fingerprint density at radius 1 is 1.09 bits per heavy atom. The zero-order valence-corrected chi connectivity index (χ0v) is 20.7. The highest BCUT2D eigenvalue weighted by molar-refractivity contribution is 7.22. The summed E-state index contributed by atoms with van der Waals surface area (Å²) in [5, 5.41) is 3.55. The number of rotatable bonds is 10. The van der Waals surface area contributed by atoms with Crippen LogP contribution in [0, 0.1) is 0 Å². The van der Waals surface area contributed by atoms with Crippen molar-refractivity contribution in [3.05, 3.63) is 76.3 Å². The minimum atomic E-state index is -0.276. The molecule has 4 aromatic rings. The maximum atomic E-state index is 13.0. The van der Waals surface area contributed by atoms with Gasteiger partial charge in [-0.15, -0.1) is 0 Å². The van der Waals surface area contributed by atoms with E-state index in [2.05, 4.69) is 15.3 Å². The van der Waals surface area contributed by atoms with Gasteiger partial charge in [0, 0.05) is 20.1 Å². The molecule has 9 nitrogen and oxygen atoms in total. The van der Waals surface area contributed by atoms with Gasteiger partial charge in [-0.05, 0) is 29.7 Å². The Kier molecular flexibility index (Phi) is 7.61. The van der Waals surface area contributed by atoms with Crippen molar-refractivity contribution in [1.29, 1.82) is 0 Å². The van der Waals surface area contributed by atoms with Crippen molar-refractivity contribution < 1.29 is 14.3 Å². The Morgan fingerprint density at radius 2 is 1.86 bits per heavy atom. The van der Waals surface area contributed by atoms with Crippen LogP contribution in [0.25, 0.3) is 10.3 Å². The number of carbonyl (C=O) groups is 1. The van der Waals surface area contributed by atoms with E-state index in [1.165, 1.54) is 22.2 Å². The Labute approximate surface area is 207 Å². The molecular formula is C25H27N5O4S. The SMILES string of the molecule is COc1ccc(CCNC(=O)Cn2cnc3nc(N(C)Cc4ccccc4)sc3c2=O)cc1OC. The van der Waals surface area contributed by atoms with Crippen molar-refractivity contribution in [1.82, 2.24) is 19.9 Å². The lowest BCUT2D eigenvalue weighted by Gasteiger charge is -2.15. The van der Waals surface area contributed by atoms with E-state index in [-0.39, 0.29) is 18.0 Å². The van der Waals surface area contributed by atoms with Gasteiger partial charge in [-0.25, -0.2) is 4.98 Å². The lowest BCUT2D eigenvalue weighted by atomic mass is 10.1. The largest absolute Gasteiger partial charge is 0.493 e. The number of hydrogen-bond donors (Lipinski definition) is 1. The monoisotopic (exact) mass is 493 g/mol. The molecule has 1 amide bonds. The summed E-state index contributed by atoms with van der Waals surface area (Å²) >= 11 is 1.28. The summed E-state index contributed by atoms with van der Waals surface area (Å²) in [6.45, 7) is 0.978. The Hall–Kier alpha value is -3.92. The summed E-state index contributed by atoms with van der Waals surface area (Å²) in [5.74, 6) is 1.03. The number of nitrogens with one attached hydrogen (secondary N) is 1. The molecule has 0 aliphatic heterocycles. The molecule has 0 aliphatic rings. The molecule has 10 heteroatoms. The van der Waals surface area contributed by atoms with Crippen LogP contribution in [0.5, 0.6) is 11.5 Å². The van der Waals surface area contributed by atoms with E-state index in [1.807, 2.05) is 60.5 Å². The van der Waals surface area contributed by atoms with E-state index in [9.17, 15) is 9.59 Å². The van der Waals surface area contributed by atoms with Crippen LogP contribution >= 0.6 is 11.3 Å². The summed E-state index contributed by atoms with van der Waals surface area (Å²) in [4.78, 5) is 36.2. The lowest BCUT2D eigenvalue weighted by molar-refractivity contribution is -0.121. The van der Waals surface area contributed by atoms with Crippen LogP contribution < -0.4 is 25.2 Å². The number of nitrogens with zero attached hydrogens (tertiary/aromatic N) is 4. The number of benzene rings is 2. The first kappa shape index (κ1) is 24.2. The first-order valence-electron chi connectivity index (χ1n) is 11.1. The molecule has 2 aromatic heterocycles. The highest BCUT2D eigenvalue weighted by atomic mass is 32.1. The average molecular weight is 494 g/mol. The summed E-state index contributed by atoms with van der Waals surface area (Å²) in [6.07, 6.45) is 1.99. The minimum absolute atomic E-state index is 0.110. The van der Waals surface area contributed by atoms with E-state index in [1.54, 1.807) is 14.2 Å². The van der Waals surface area contributed by atoms with Gasteiger partial charge in [0.1, 0.15) is 17.6 Å². The predicted octanol–water partition coefficient (Wildman–Crippen LogP) is 2.87. The molecule has 1 N–H and O–H groups in total. The van der Waals surface area contributed by atoms with Crippen molar-refractivity contribution in [3.63, 3.8) is 0 Å². The zero-order chi connectivity index (χ0) is 24.8. The number of amides is 1. The third kappa shape index (κ3) is 5.78. The predicted molar refractivity (Wildman–Crippen MR) is 136 cm³/mol. The molecule has 0 aliphatic carbocycles. The van der Waals surface area contributed by atoms with E-state index in [0.29, 0.717) is 46.5 Å². The standard InChI is InChI=1S/C25H27N5O4S/c1-29(14-18-7-5-4-6-8-18)25-28-23-22(35-25)24(32)30(16-27-23)15-21(31)26-12-11-17-9-10-19(33-2)20(13-17)34-3/h4-10,13,16H,11-12,14-15H2,1-3H3,(H,26,31). The molecule has 4 rings (SSSR count). The number of aromatic nitrogens is 3. The molecule has 0 saturated carbocycles. The third-order valence-corrected chi connectivity index (χ3v) is 6.61. The van der Waals surface area contributed by atoms with Crippen molar-refractivity contribution in [2.24, 2.45) is 0 Å². The lowest BCUT2D eigenvalue weighted by Crippen LogP contribution is -2.33. The highest BCUT2D eigenvalue weighted by Crippen LogP contribution is 2.28. The van der Waals surface area contributed by atoms with Crippen LogP contribution in [-0.4, -0.2) is 48.3 Å². The van der Waals surface area contributed by atoms with Gasteiger partial charge in [0.25, 0.3) is 5.56 Å². The van der Waals surface area contributed by atoms with Gasteiger partial charge in [0.15, 0.2) is 22.3 Å². The second kappa shape index (κ2) is 11.0. The van der Waals surface area contributed by atoms with E-state index >= 15 is 0 Å². The van der Waals surface area contributed by atoms with Crippen LogP contribution in [0.4, 0.5) is 5.13 Å². The van der Waals surface area contributed by atoms with Gasteiger partial charge in [0.2, 0.25) is 5.91 Å². The second-order valence-electron chi connectivity index (χ2n) is 7.96. The normalized spacial score (nSPS) is 10.8. The number of thiazole rings is 1. The van der Waals surface area contributed by atoms with E-state index < -0.39 is 0 Å². The molecule has 0 saturated heterocycles. The number of anilines is 1. The number of ether oxygens (including phenoxy) is 2. The topological polar surface area (TPSA) is 98.6 Å². The fourth-order valence-corrected chi connectivity index (χ4v) is 4.56. The van der Waals surface area contributed by atoms with Crippen molar-refractivity contribution >= 4 is 32.7 Å². The van der Waals surface area contributed by atoms with Crippen LogP contribution in [0.15, 0.2) is 59.7 Å². The highest BCUT2D eigenvalue weighted by Gasteiger charge is 2.15. The maximum Gasteiger partial charge on any atom is 0.273 e. The number of methoxy groups -OCH3 is 2. The first-order chi connectivity index (χ1) is 17.0. The molecule has 0 radical (unpaired) electrons. The van der Waals surface area contributed by atoms with Gasteiger partial charge in [-0.2, -0.15) is 4.98 Å². The van der Waals surface area contributed by atoms with Crippen molar-refractivity contribution in [3.8, 4) is 11.5 Å². The maximum absolute atomic E-state index is 13.0. The van der Waals surface area contributed by atoms with Gasteiger partial charge < -0.3 is 19.7 Å². The molecule has 0 unspecified atom stereocenters. The molecule has 182 valence electrons. The van der Waals surface area contributed by atoms with Crippen LogP contribution in [0.2, 0.25) is 0 Å². The smallest absolute Gasteiger partial charge is 0.273 e. The third-order valence-electron chi connectivity index (χ3n) is 5.46. The Morgan fingerprint density at radius 3 is 2.60 bits per heavy atom. The van der Waals surface area contributed by atoms with Crippen LogP contribution in [0.3, 0.4) is 0 Å². The summed E-state index contributed by atoms with van der Waals surface area (Å²) in [5.41, 5.74) is 2.26. The second-order valence-corrected chi connectivity index (χ2v) is 8.94. The number of hydrogen-bond acceptors (Lipinski definition) is 8. The molecule has 0 bridgehead atoms. The van der Waals surface area contributed by atoms with E-state index in [4.69, 9.17) is 9.47 Å². The van der Waals surface area contributed by atoms with Gasteiger partial charge in [-0.3, -0.25) is 14.2 Å². The quantitative estimate of drug-likeness (QED) is 0.363. The Bertz CT molecular complexity index is 1370. The molecule has 2 aromatic carbocycles. The molecule has 0 spiro atoms. The summed E-state index contributed by atoms with van der Waals surface area (Å²) in [7, 11) is 5.09. The number of fused-ring (bicyclic) bond motifs is 1. The van der Waals surface area contributed by atoms with Crippen molar-refractivity contribution in [2.75, 3.05) is 32.7 Å². The Balaban J connectivity index is 1.37. The van der Waals surface area contributed by atoms with Gasteiger partial charge in [-0.1, -0.05) is 47.7 Å².